The van der Waals surface area contributed by atoms with Crippen LogP contribution in [-0.4, -0.2) is 49.4 Å². The molecular weight excluding hydrogens is 755 g/mol. The molecule has 0 atom stereocenters. The minimum atomic E-state index is 0.493. The fourth-order valence-electron chi connectivity index (χ4n) is 7.80. The third-order valence-corrected chi connectivity index (χ3v) is 10.5. The van der Waals surface area contributed by atoms with Crippen molar-refractivity contribution < 1.29 is 0 Å². The van der Waals surface area contributed by atoms with E-state index in [2.05, 4.69) is 75.2 Å². The molecule has 0 aliphatic heterocycles. The maximum absolute atomic E-state index is 9.59. The first-order valence-corrected chi connectivity index (χ1v) is 19.8. The van der Waals surface area contributed by atoms with Crippen LogP contribution < -0.4 is 0 Å². The fourth-order valence-corrected chi connectivity index (χ4v) is 7.80. The summed E-state index contributed by atoms with van der Waals surface area (Å²) in [6, 6.07) is 48.7. The molecule has 11 nitrogen and oxygen atoms in total. The minimum absolute atomic E-state index is 0.493. The van der Waals surface area contributed by atoms with Gasteiger partial charge in [-0.05, 0) is 75.2 Å². The van der Waals surface area contributed by atoms with Gasteiger partial charge in [-0.25, -0.2) is 44.9 Å². The Labute approximate surface area is 351 Å². The molecule has 0 unspecified atom stereocenters. The van der Waals surface area contributed by atoms with E-state index in [1.165, 1.54) is 0 Å². The maximum Gasteiger partial charge on any atom is 0.166 e. The predicted octanol–water partition coefficient (Wildman–Crippen LogP) is 10.4. The number of nitrogens with zero attached hydrogens (tertiary/aromatic N) is 11. The van der Waals surface area contributed by atoms with Crippen LogP contribution in [0.3, 0.4) is 0 Å². The van der Waals surface area contributed by atoms with E-state index in [1.807, 2.05) is 113 Å². The molecule has 0 aliphatic carbocycles. The van der Waals surface area contributed by atoms with Crippen molar-refractivity contribution in [3.05, 3.63) is 168 Å². The van der Waals surface area contributed by atoms with Crippen molar-refractivity contribution >= 4 is 21.8 Å². The number of hydrogen-bond donors (Lipinski definition) is 0. The molecule has 0 saturated heterocycles. The zero-order valence-corrected chi connectivity index (χ0v) is 33.7. The molecule has 10 aromatic rings. The van der Waals surface area contributed by atoms with Gasteiger partial charge in [0.05, 0.1) is 28.4 Å². The largest absolute Gasteiger partial charge is 0.308 e. The van der Waals surface area contributed by atoms with E-state index in [4.69, 9.17) is 34.9 Å². The van der Waals surface area contributed by atoms with Crippen molar-refractivity contribution in [2.24, 2.45) is 0 Å². The van der Waals surface area contributed by atoms with Crippen LogP contribution in [0.5, 0.6) is 0 Å². The first kappa shape index (κ1) is 36.9. The van der Waals surface area contributed by atoms with E-state index in [1.54, 1.807) is 0 Å². The molecule has 11 heteroatoms. The van der Waals surface area contributed by atoms with Gasteiger partial charge in [-0.3, -0.25) is 0 Å². The average Bonchev–Trinajstić information content (AvgIpc) is 3.61. The lowest BCUT2D eigenvalue weighted by atomic mass is 10.00. The minimum Gasteiger partial charge on any atom is -0.308 e. The van der Waals surface area contributed by atoms with Crippen molar-refractivity contribution in [2.75, 3.05) is 0 Å². The molecule has 4 aromatic heterocycles. The molecule has 4 heterocycles. The van der Waals surface area contributed by atoms with Gasteiger partial charge in [0.25, 0.3) is 0 Å². The summed E-state index contributed by atoms with van der Waals surface area (Å²) >= 11 is 0. The van der Waals surface area contributed by atoms with Crippen LogP contribution >= 0.6 is 0 Å². The molecule has 0 bridgehead atoms. The van der Waals surface area contributed by atoms with Crippen LogP contribution in [0, 0.1) is 39.0 Å². The lowest BCUT2D eigenvalue weighted by molar-refractivity contribution is 0.928. The van der Waals surface area contributed by atoms with Crippen LogP contribution in [0.4, 0.5) is 0 Å². The number of aromatic nitrogens is 10. The lowest BCUT2D eigenvalue weighted by Crippen LogP contribution is -2.04. The van der Waals surface area contributed by atoms with Crippen LogP contribution in [0.1, 0.15) is 28.9 Å². The SMILES string of the molecule is Cc1nc(C)nc(-c2ccc3c4ccc(-c5nc(C)nc(C)n5)cc4n(-c4ccc(-c5ccc(C#N)cc5)cc4-c4nc(-c5ccccc5)nc(-c5ccccc5)n4)c3c2)n1. The first-order chi connectivity index (χ1) is 29.8. The van der Waals surface area contributed by atoms with Crippen LogP contribution in [0.25, 0.3) is 95.6 Å². The van der Waals surface area contributed by atoms with Gasteiger partial charge in [0.15, 0.2) is 29.1 Å². The Balaban J connectivity index is 1.31. The highest BCUT2D eigenvalue weighted by atomic mass is 15.1. The Kier molecular flexibility index (Phi) is 9.15. The van der Waals surface area contributed by atoms with E-state index in [-0.39, 0.29) is 0 Å². The topological polar surface area (TPSA) is 145 Å². The highest BCUT2D eigenvalue weighted by Gasteiger charge is 2.22. The third-order valence-electron chi connectivity index (χ3n) is 10.5. The number of hydrogen-bond acceptors (Lipinski definition) is 10. The summed E-state index contributed by atoms with van der Waals surface area (Å²) in [6.07, 6.45) is 0. The lowest BCUT2D eigenvalue weighted by Gasteiger charge is -2.17. The molecule has 61 heavy (non-hydrogen) atoms. The number of rotatable bonds is 7. The number of aryl methyl sites for hydroxylation is 4. The second kappa shape index (κ2) is 15.1. The summed E-state index contributed by atoms with van der Waals surface area (Å²) in [5.41, 5.74) is 9.35. The van der Waals surface area contributed by atoms with E-state index in [0.29, 0.717) is 58.0 Å². The Hall–Kier alpha value is -8.36. The zero-order chi connectivity index (χ0) is 41.6. The quantitative estimate of drug-likeness (QED) is 0.153. The summed E-state index contributed by atoms with van der Waals surface area (Å²) in [7, 11) is 0. The molecule has 0 fully saturated rings. The molecule has 0 spiro atoms. The summed E-state index contributed by atoms with van der Waals surface area (Å²) in [6.45, 7) is 7.51. The monoisotopic (exact) mass is 789 g/mol. The highest BCUT2D eigenvalue weighted by Crippen LogP contribution is 2.40. The van der Waals surface area contributed by atoms with Crippen LogP contribution in [0.15, 0.2) is 140 Å². The highest BCUT2D eigenvalue weighted by molar-refractivity contribution is 6.11. The van der Waals surface area contributed by atoms with Gasteiger partial charge in [-0.15, -0.1) is 0 Å². The summed E-state index contributed by atoms with van der Waals surface area (Å²) < 4.78 is 2.26. The zero-order valence-electron chi connectivity index (χ0n) is 33.7. The van der Waals surface area contributed by atoms with Crippen molar-refractivity contribution in [1.29, 1.82) is 5.26 Å². The van der Waals surface area contributed by atoms with Gasteiger partial charge in [0.1, 0.15) is 23.3 Å². The molecular formula is C50H35N11. The molecule has 0 amide bonds. The Morgan fingerprint density at radius 1 is 0.377 bits per heavy atom. The molecule has 0 aliphatic rings. The average molecular weight is 790 g/mol. The van der Waals surface area contributed by atoms with E-state index >= 15 is 0 Å². The van der Waals surface area contributed by atoms with E-state index in [0.717, 1.165) is 66.4 Å². The molecule has 0 saturated carbocycles. The number of nitriles is 1. The number of fused-ring (bicyclic) bond motifs is 3. The van der Waals surface area contributed by atoms with Crippen molar-refractivity contribution in [1.82, 2.24) is 49.4 Å². The van der Waals surface area contributed by atoms with E-state index in [9.17, 15) is 5.26 Å². The molecule has 290 valence electrons. The molecule has 10 rings (SSSR count). The summed E-state index contributed by atoms with van der Waals surface area (Å²) in [5.74, 6) is 5.37. The van der Waals surface area contributed by atoms with Gasteiger partial charge >= 0.3 is 0 Å². The smallest absolute Gasteiger partial charge is 0.166 e. The van der Waals surface area contributed by atoms with Gasteiger partial charge in [-0.2, -0.15) is 5.26 Å². The fraction of sp³-hybridized carbons (Fsp3) is 0.0800. The Bertz CT molecular complexity index is 3150. The van der Waals surface area contributed by atoms with Crippen LogP contribution in [0.2, 0.25) is 0 Å². The maximum atomic E-state index is 9.59. The second-order valence-corrected chi connectivity index (χ2v) is 14.8. The predicted molar refractivity (Wildman–Crippen MR) is 237 cm³/mol. The van der Waals surface area contributed by atoms with E-state index < -0.39 is 0 Å². The van der Waals surface area contributed by atoms with Gasteiger partial charge in [0.2, 0.25) is 0 Å². The summed E-state index contributed by atoms with van der Waals surface area (Å²) in [4.78, 5) is 43.3. The van der Waals surface area contributed by atoms with Crippen molar-refractivity contribution in [3.63, 3.8) is 0 Å². The Morgan fingerprint density at radius 2 is 0.803 bits per heavy atom. The molecule has 0 N–H and O–H groups in total. The van der Waals surface area contributed by atoms with Crippen molar-refractivity contribution in [2.45, 2.75) is 27.7 Å². The third kappa shape index (κ3) is 7.02. The second-order valence-electron chi connectivity index (χ2n) is 14.8. The van der Waals surface area contributed by atoms with Gasteiger partial charge in [0, 0.05) is 38.6 Å². The standard InChI is InChI=1S/C50H35N11/c1-29-52-30(2)55-48(54-29)38-19-22-40-41-23-20-39(49-56-31(3)53-32(4)57-49)27-45(41)61(44(40)26-38)43-24-21-37(34-17-15-33(28-51)16-18-34)25-42(43)50-59-46(35-11-7-5-8-12-35)58-47(60-50)36-13-9-6-10-14-36/h5-27H,1-4H3. The Morgan fingerprint density at radius 3 is 1.28 bits per heavy atom. The first-order valence-electron chi connectivity index (χ1n) is 19.8. The molecule has 0 radical (unpaired) electrons. The molecule has 6 aromatic carbocycles. The normalized spacial score (nSPS) is 11.3. The van der Waals surface area contributed by atoms with Gasteiger partial charge in [-0.1, -0.05) is 103 Å². The van der Waals surface area contributed by atoms with Crippen molar-refractivity contribution in [3.8, 4) is 79.8 Å². The summed E-state index contributed by atoms with van der Waals surface area (Å²) in [5, 5.41) is 11.7. The van der Waals surface area contributed by atoms with Crippen LogP contribution in [-0.2, 0) is 0 Å². The van der Waals surface area contributed by atoms with Gasteiger partial charge < -0.3 is 4.57 Å². The number of benzene rings is 6.